The van der Waals surface area contributed by atoms with Crippen LogP contribution in [0.5, 0.6) is 0 Å². The third kappa shape index (κ3) is 4.36. The summed E-state index contributed by atoms with van der Waals surface area (Å²) in [7, 11) is 1.66. The lowest BCUT2D eigenvalue weighted by Gasteiger charge is -2.17. The van der Waals surface area contributed by atoms with E-state index in [1.807, 2.05) is 0 Å². The molecule has 1 atom stereocenters. The predicted octanol–water partition coefficient (Wildman–Crippen LogP) is 4.06. The Labute approximate surface area is 183 Å². The molecule has 0 aliphatic heterocycles. The van der Waals surface area contributed by atoms with E-state index in [-0.39, 0.29) is 23.8 Å². The highest BCUT2D eigenvalue weighted by Crippen LogP contribution is 2.34. The van der Waals surface area contributed by atoms with E-state index in [0.29, 0.717) is 27.3 Å². The number of imidazole rings is 1. The van der Waals surface area contributed by atoms with Gasteiger partial charge in [0.2, 0.25) is 5.82 Å². The Morgan fingerprint density at radius 1 is 1.28 bits per heavy atom. The Morgan fingerprint density at radius 3 is 2.69 bits per heavy atom. The van der Waals surface area contributed by atoms with Gasteiger partial charge < -0.3 is 9.30 Å². The van der Waals surface area contributed by atoms with Crippen LogP contribution in [0.3, 0.4) is 0 Å². The molecule has 32 heavy (non-hydrogen) atoms. The van der Waals surface area contributed by atoms with E-state index in [1.165, 1.54) is 12.4 Å². The van der Waals surface area contributed by atoms with Crippen LogP contribution < -0.4 is 5.76 Å². The number of halogens is 4. The molecule has 4 aromatic rings. The van der Waals surface area contributed by atoms with Gasteiger partial charge in [-0.15, -0.1) is 0 Å². The summed E-state index contributed by atoms with van der Waals surface area (Å²) in [6, 6.07) is 3.18. The number of hydrogen-bond acceptors (Lipinski definition) is 7. The average molecular weight is 469 g/mol. The van der Waals surface area contributed by atoms with Gasteiger partial charge in [0.1, 0.15) is 24.2 Å². The molecule has 4 aromatic heterocycles. The zero-order valence-corrected chi connectivity index (χ0v) is 17.5. The first kappa shape index (κ1) is 22.0. The van der Waals surface area contributed by atoms with E-state index in [4.69, 9.17) is 16.3 Å². The van der Waals surface area contributed by atoms with Gasteiger partial charge in [0.05, 0.1) is 21.7 Å². The van der Waals surface area contributed by atoms with E-state index in [9.17, 15) is 18.0 Å². The highest BCUT2D eigenvalue weighted by Gasteiger charge is 2.31. The van der Waals surface area contributed by atoms with Crippen molar-refractivity contribution >= 4 is 22.6 Å². The van der Waals surface area contributed by atoms with Crippen LogP contribution in [0.2, 0.25) is 5.02 Å². The van der Waals surface area contributed by atoms with Gasteiger partial charge in [-0.2, -0.15) is 13.2 Å². The van der Waals surface area contributed by atoms with Gasteiger partial charge in [-0.25, -0.2) is 14.8 Å². The van der Waals surface area contributed by atoms with Gasteiger partial charge in [0.15, 0.2) is 0 Å². The number of nitrogens with one attached hydrogen (secondary N) is 1. The summed E-state index contributed by atoms with van der Waals surface area (Å²) in [6.07, 6.45) is -2.13. The van der Waals surface area contributed by atoms with E-state index >= 15 is 0 Å². The van der Waals surface area contributed by atoms with Gasteiger partial charge in [-0.3, -0.25) is 14.5 Å². The fraction of sp³-hybridized carbons (Fsp3) is 0.316. The van der Waals surface area contributed by atoms with E-state index < -0.39 is 24.6 Å². The maximum atomic E-state index is 12.7. The first-order chi connectivity index (χ1) is 15.2. The van der Waals surface area contributed by atoms with Crippen LogP contribution in [0.25, 0.3) is 33.8 Å². The van der Waals surface area contributed by atoms with Gasteiger partial charge in [-0.05, 0) is 18.6 Å². The molecule has 0 amide bonds. The molecule has 0 radical (unpaired) electrons. The number of pyridine rings is 2. The molecule has 9 nitrogen and oxygen atoms in total. The number of aromatic nitrogens is 6. The Balaban J connectivity index is 1.92. The number of rotatable bonds is 6. The number of ether oxygens (including phenoxy) is 1. The van der Waals surface area contributed by atoms with Gasteiger partial charge in [0.25, 0.3) is 0 Å². The molecule has 0 saturated carbocycles. The molecule has 0 bridgehead atoms. The Kier molecular flexibility index (Phi) is 5.73. The van der Waals surface area contributed by atoms with Crippen molar-refractivity contribution in [2.24, 2.45) is 7.05 Å². The number of H-pyrrole nitrogens is 1. The molecule has 0 spiro atoms. The van der Waals surface area contributed by atoms with E-state index in [2.05, 4.69) is 29.6 Å². The van der Waals surface area contributed by atoms with Crippen LogP contribution >= 0.6 is 11.6 Å². The quantitative estimate of drug-likeness (QED) is 0.454. The fourth-order valence-electron chi connectivity index (χ4n) is 3.32. The topological polar surface area (TPSA) is 112 Å². The van der Waals surface area contributed by atoms with Crippen LogP contribution in [0.15, 0.2) is 33.8 Å². The highest BCUT2D eigenvalue weighted by atomic mass is 35.5. The third-order valence-corrected chi connectivity index (χ3v) is 4.86. The van der Waals surface area contributed by atoms with Crippen LogP contribution in [0.1, 0.15) is 25.3 Å². The number of nitrogens with zero attached hydrogens (tertiary/aromatic N) is 5. The maximum absolute atomic E-state index is 12.7. The van der Waals surface area contributed by atoms with Crippen LogP contribution in [-0.2, 0) is 11.8 Å². The first-order valence-electron chi connectivity index (χ1n) is 9.39. The molecule has 0 aliphatic rings. The second kappa shape index (κ2) is 8.36. The second-order valence-corrected chi connectivity index (χ2v) is 7.35. The number of hydrogen-bond donors (Lipinski definition) is 1. The first-order valence-corrected chi connectivity index (χ1v) is 9.77. The van der Waals surface area contributed by atoms with Crippen molar-refractivity contribution in [3.05, 3.63) is 45.9 Å². The SMILES string of the molecule is CCC(OCC(F)(F)F)c1nc2cc(-c3noc(=O)[nH]3)nc(-c3cncc(Cl)c3)c2n1C. The number of aryl methyl sites for hydroxylation is 1. The second-order valence-electron chi connectivity index (χ2n) is 6.91. The summed E-state index contributed by atoms with van der Waals surface area (Å²) in [6.45, 7) is 0.301. The number of fused-ring (bicyclic) bond motifs is 1. The third-order valence-electron chi connectivity index (χ3n) is 4.65. The molecule has 4 rings (SSSR count). The summed E-state index contributed by atoms with van der Waals surface area (Å²) >= 11 is 6.09. The van der Waals surface area contributed by atoms with Crippen LogP contribution in [-0.4, -0.2) is 42.4 Å². The number of aromatic amines is 1. The summed E-state index contributed by atoms with van der Waals surface area (Å²) in [5, 5.41) is 4.01. The molecule has 0 fully saturated rings. The van der Waals surface area contributed by atoms with Crippen molar-refractivity contribution in [3.8, 4) is 22.8 Å². The Hall–Kier alpha value is -3.25. The molecule has 13 heteroatoms. The van der Waals surface area contributed by atoms with Crippen molar-refractivity contribution in [2.45, 2.75) is 25.6 Å². The minimum atomic E-state index is -4.47. The maximum Gasteiger partial charge on any atom is 0.439 e. The molecular formula is C19H16ClF3N6O3. The molecule has 1 N–H and O–H groups in total. The lowest BCUT2D eigenvalue weighted by Crippen LogP contribution is -2.20. The van der Waals surface area contributed by atoms with Gasteiger partial charge in [0, 0.05) is 25.0 Å². The van der Waals surface area contributed by atoms with E-state index in [0.717, 1.165) is 0 Å². The van der Waals surface area contributed by atoms with Crippen molar-refractivity contribution in [1.29, 1.82) is 0 Å². The summed E-state index contributed by atoms with van der Waals surface area (Å²) < 4.78 is 49.4. The zero-order valence-electron chi connectivity index (χ0n) is 16.8. The van der Waals surface area contributed by atoms with Crippen LogP contribution in [0, 0.1) is 0 Å². The molecule has 0 saturated heterocycles. The summed E-state index contributed by atoms with van der Waals surface area (Å²) in [5.41, 5.74) is 2.10. The molecule has 0 aliphatic carbocycles. The predicted molar refractivity (Wildman–Crippen MR) is 108 cm³/mol. The molecule has 0 aromatic carbocycles. The Morgan fingerprint density at radius 2 is 2.06 bits per heavy atom. The van der Waals surface area contributed by atoms with Gasteiger partial charge >= 0.3 is 11.9 Å². The van der Waals surface area contributed by atoms with Crippen molar-refractivity contribution < 1.29 is 22.4 Å². The molecule has 168 valence electrons. The summed E-state index contributed by atoms with van der Waals surface area (Å²) in [4.78, 5) is 27.0. The monoisotopic (exact) mass is 468 g/mol. The highest BCUT2D eigenvalue weighted by molar-refractivity contribution is 6.30. The minimum Gasteiger partial charge on any atom is -0.361 e. The lowest BCUT2D eigenvalue weighted by molar-refractivity contribution is -0.187. The average Bonchev–Trinajstić information content (AvgIpc) is 3.31. The Bertz CT molecular complexity index is 1330. The molecule has 1 unspecified atom stereocenters. The van der Waals surface area contributed by atoms with E-state index in [1.54, 1.807) is 30.7 Å². The van der Waals surface area contributed by atoms with Crippen molar-refractivity contribution in [2.75, 3.05) is 6.61 Å². The van der Waals surface area contributed by atoms with Crippen molar-refractivity contribution in [3.63, 3.8) is 0 Å². The molecule has 4 heterocycles. The fourth-order valence-corrected chi connectivity index (χ4v) is 3.49. The van der Waals surface area contributed by atoms with Crippen LogP contribution in [0.4, 0.5) is 13.2 Å². The number of alkyl halides is 3. The zero-order chi connectivity index (χ0) is 23.0. The normalized spacial score (nSPS) is 13.1. The largest absolute Gasteiger partial charge is 0.439 e. The standard InChI is InChI=1S/C19H16ClF3N6O3/c1-3-13(31-8-19(21,22)23)17-26-11-5-12(16-27-18(30)32-28-16)25-14(15(11)29(17)2)9-4-10(20)7-24-6-9/h4-7,13H,3,8H2,1-2H3,(H,27,28,30). The van der Waals surface area contributed by atoms with Crippen molar-refractivity contribution in [1.82, 2.24) is 29.7 Å². The minimum absolute atomic E-state index is 0.0701. The smallest absolute Gasteiger partial charge is 0.361 e. The van der Waals surface area contributed by atoms with Gasteiger partial charge in [-0.1, -0.05) is 23.7 Å². The summed E-state index contributed by atoms with van der Waals surface area (Å²) in [5.74, 6) is -0.405. The molecular weight excluding hydrogens is 453 g/mol. The lowest BCUT2D eigenvalue weighted by atomic mass is 10.1.